The molecule has 1 heterocycles. The van der Waals surface area contributed by atoms with Gasteiger partial charge in [0.1, 0.15) is 0 Å². The predicted octanol–water partition coefficient (Wildman–Crippen LogP) is 2.90. The van der Waals surface area contributed by atoms with Gasteiger partial charge in [-0.2, -0.15) is 0 Å². The second-order valence-electron chi connectivity index (χ2n) is 6.71. The monoisotopic (exact) mass is 407 g/mol. The number of hydrogen-bond donors (Lipinski definition) is 0. The minimum Gasteiger partial charge on any atom is -0.207 e. The van der Waals surface area contributed by atoms with E-state index in [1.165, 1.54) is 12.1 Å². The third kappa shape index (κ3) is 2.16. The van der Waals surface area contributed by atoms with Crippen molar-refractivity contribution in [1.29, 1.82) is 0 Å². The lowest BCUT2D eigenvalue weighted by Gasteiger charge is -2.16. The fourth-order valence-electron chi connectivity index (χ4n) is 3.85. The van der Waals surface area contributed by atoms with Crippen LogP contribution in [-0.4, -0.2) is 28.4 Å². The zero-order valence-corrected chi connectivity index (χ0v) is 16.5. The molecule has 138 valence electrons. The Labute approximate surface area is 163 Å². The Morgan fingerprint density at radius 1 is 0.571 bits per heavy atom. The quantitative estimate of drug-likeness (QED) is 0.421. The van der Waals surface area contributed by atoms with Gasteiger partial charge in [0.15, 0.2) is 0 Å². The fourth-order valence-corrected chi connectivity index (χ4v) is 7.34. The molecule has 0 spiro atoms. The molecule has 0 N–H and O–H groups in total. The fraction of sp³-hybridized carbons (Fsp3) is 0. The van der Waals surface area contributed by atoms with Gasteiger partial charge in [0, 0.05) is 11.1 Å². The van der Waals surface area contributed by atoms with Crippen LogP contribution in [0.4, 0.5) is 0 Å². The average Bonchev–Trinajstić information content (AvgIpc) is 2.75. The average molecular weight is 407 g/mol. The first-order valence-electron chi connectivity index (χ1n) is 8.61. The van der Waals surface area contributed by atoms with Crippen LogP contribution in [0.5, 0.6) is 0 Å². The van der Waals surface area contributed by atoms with E-state index >= 15 is 0 Å². The molecule has 28 heavy (non-hydrogen) atoms. The first-order valence-corrected chi connectivity index (χ1v) is 11.5. The number of rotatable bonds is 0. The SMILES string of the molecule is BN1S(=O)(=O)c2ccc3ccccc3c2-c2c(ccc3ccccc23)S1(=O)=O. The molecule has 0 atom stereocenters. The molecule has 0 bridgehead atoms. The van der Waals surface area contributed by atoms with Crippen LogP contribution in [-0.2, 0) is 20.0 Å². The lowest BCUT2D eigenvalue weighted by Crippen LogP contribution is -2.33. The highest BCUT2D eigenvalue weighted by Gasteiger charge is 2.40. The van der Waals surface area contributed by atoms with Gasteiger partial charge in [0.05, 0.1) is 9.79 Å². The molecule has 5 nitrogen and oxygen atoms in total. The summed E-state index contributed by atoms with van der Waals surface area (Å²) in [4.78, 5) is -0.0141. The summed E-state index contributed by atoms with van der Waals surface area (Å²) in [6.45, 7) is 0. The molecular formula is C20H14BNO4S2. The van der Waals surface area contributed by atoms with Crippen molar-refractivity contribution >= 4 is 49.6 Å². The Morgan fingerprint density at radius 2 is 0.964 bits per heavy atom. The Morgan fingerprint density at radius 3 is 1.39 bits per heavy atom. The van der Waals surface area contributed by atoms with Gasteiger partial charge in [-0.3, -0.25) is 0 Å². The standard InChI is InChI=1S/C20H14BNO4S2/c21-22-27(23,24)17-11-9-13-5-1-3-7-15(13)19(17)20-16-8-4-2-6-14(16)10-12-18(20)28(22,25)26/h1-12H,21H2. The summed E-state index contributed by atoms with van der Waals surface area (Å²) < 4.78 is 53.4. The molecule has 0 aliphatic carbocycles. The molecule has 5 rings (SSSR count). The predicted molar refractivity (Wildman–Crippen MR) is 112 cm³/mol. The molecule has 1 aliphatic heterocycles. The summed E-state index contributed by atoms with van der Waals surface area (Å²) in [5, 5.41) is 3.09. The second-order valence-corrected chi connectivity index (χ2v) is 10.8. The maximum atomic E-state index is 13.2. The zero-order valence-electron chi connectivity index (χ0n) is 14.8. The van der Waals surface area contributed by atoms with Crippen LogP contribution in [0.15, 0.2) is 82.6 Å². The second kappa shape index (κ2) is 5.67. The molecule has 0 fully saturated rings. The van der Waals surface area contributed by atoms with Gasteiger partial charge in [0.25, 0.3) is 0 Å². The number of nitrogens with zero attached hydrogens (tertiary/aromatic N) is 1. The van der Waals surface area contributed by atoms with Crippen LogP contribution in [0.3, 0.4) is 0 Å². The number of sulfonamides is 2. The molecule has 0 saturated carbocycles. The highest BCUT2D eigenvalue weighted by atomic mass is 32.3. The minimum absolute atomic E-state index is 0.00706. The zero-order chi connectivity index (χ0) is 19.7. The summed E-state index contributed by atoms with van der Waals surface area (Å²) in [6, 6.07) is 21.2. The molecule has 1 aliphatic rings. The Hall–Kier alpha value is -2.68. The summed E-state index contributed by atoms with van der Waals surface area (Å²) >= 11 is 0. The van der Waals surface area contributed by atoms with E-state index in [4.69, 9.17) is 0 Å². The van der Waals surface area contributed by atoms with Crippen molar-refractivity contribution in [3.63, 3.8) is 0 Å². The minimum atomic E-state index is -4.25. The first-order chi connectivity index (χ1) is 13.3. The number of fused-ring (bicyclic) bond motifs is 7. The third-order valence-electron chi connectivity index (χ3n) is 5.26. The highest BCUT2D eigenvalue weighted by molar-refractivity contribution is 8.05. The highest BCUT2D eigenvalue weighted by Crippen LogP contribution is 2.46. The van der Waals surface area contributed by atoms with E-state index in [2.05, 4.69) is 0 Å². The van der Waals surface area contributed by atoms with E-state index in [9.17, 15) is 16.8 Å². The molecular weight excluding hydrogens is 393 g/mol. The Balaban J connectivity index is 2.16. The number of hydrogen-bond acceptors (Lipinski definition) is 4. The molecule has 4 aromatic rings. The summed E-state index contributed by atoms with van der Waals surface area (Å²) in [7, 11) is -7.40. The maximum absolute atomic E-state index is 13.2. The Bertz CT molecular complexity index is 1400. The van der Waals surface area contributed by atoms with Gasteiger partial charge >= 0.3 is 0 Å². The van der Waals surface area contributed by atoms with Gasteiger partial charge < -0.3 is 0 Å². The van der Waals surface area contributed by atoms with Crippen molar-refractivity contribution in [3.8, 4) is 11.1 Å². The third-order valence-corrected chi connectivity index (χ3v) is 9.59. The summed E-state index contributed by atoms with van der Waals surface area (Å²) in [5.41, 5.74) is 0.857. The smallest absolute Gasteiger partial charge is 0.207 e. The topological polar surface area (TPSA) is 71.5 Å². The van der Waals surface area contributed by atoms with Crippen molar-refractivity contribution in [1.82, 2.24) is 3.62 Å². The van der Waals surface area contributed by atoms with Crippen molar-refractivity contribution in [2.45, 2.75) is 9.79 Å². The van der Waals surface area contributed by atoms with Crippen LogP contribution < -0.4 is 0 Å². The van der Waals surface area contributed by atoms with Crippen molar-refractivity contribution in [2.24, 2.45) is 0 Å². The van der Waals surface area contributed by atoms with Gasteiger partial charge in [-0.05, 0) is 33.7 Å². The van der Waals surface area contributed by atoms with E-state index < -0.39 is 20.0 Å². The molecule has 8 heteroatoms. The Kier molecular flexibility index (Phi) is 3.53. The molecule has 0 saturated heterocycles. The van der Waals surface area contributed by atoms with Crippen molar-refractivity contribution < 1.29 is 16.8 Å². The summed E-state index contributed by atoms with van der Waals surface area (Å²) in [6.07, 6.45) is 0. The van der Waals surface area contributed by atoms with E-state index in [0.29, 0.717) is 25.5 Å². The molecule has 0 aromatic heterocycles. The normalized spacial score (nSPS) is 17.7. The van der Waals surface area contributed by atoms with Crippen LogP contribution >= 0.6 is 0 Å². The lowest BCUT2D eigenvalue weighted by molar-refractivity contribution is 0.554. The lowest BCUT2D eigenvalue weighted by atomic mass is 9.94. The van der Waals surface area contributed by atoms with Crippen LogP contribution in [0.25, 0.3) is 32.7 Å². The molecule has 0 amide bonds. The number of benzene rings is 4. The van der Waals surface area contributed by atoms with Crippen LogP contribution in [0.1, 0.15) is 0 Å². The van der Waals surface area contributed by atoms with Gasteiger partial charge in [-0.1, -0.05) is 60.7 Å². The van der Waals surface area contributed by atoms with Gasteiger partial charge in [0.2, 0.25) is 28.0 Å². The van der Waals surface area contributed by atoms with E-state index in [0.717, 1.165) is 18.8 Å². The van der Waals surface area contributed by atoms with Crippen LogP contribution in [0.2, 0.25) is 0 Å². The molecule has 4 aromatic carbocycles. The van der Waals surface area contributed by atoms with Crippen molar-refractivity contribution in [3.05, 3.63) is 72.8 Å². The first kappa shape index (κ1) is 17.4. The summed E-state index contributed by atoms with van der Waals surface area (Å²) in [5.74, 6) is 0. The van der Waals surface area contributed by atoms with E-state index in [1.54, 1.807) is 12.1 Å². The van der Waals surface area contributed by atoms with Crippen LogP contribution in [0, 0.1) is 0 Å². The maximum Gasteiger partial charge on any atom is 0.245 e. The van der Waals surface area contributed by atoms with E-state index in [-0.39, 0.29) is 9.79 Å². The largest absolute Gasteiger partial charge is 0.245 e. The molecule has 0 unspecified atom stereocenters. The van der Waals surface area contributed by atoms with E-state index in [1.807, 2.05) is 48.5 Å². The van der Waals surface area contributed by atoms with Crippen molar-refractivity contribution in [2.75, 3.05) is 0 Å². The van der Waals surface area contributed by atoms with Gasteiger partial charge in [-0.15, -0.1) is 3.62 Å². The molecule has 0 radical (unpaired) electrons. The van der Waals surface area contributed by atoms with Gasteiger partial charge in [-0.25, -0.2) is 16.8 Å².